The molecule has 22 heteroatoms. The number of carboxylic acids is 2. The molecule has 4 rings (SSSR count). The fourth-order valence-corrected chi connectivity index (χ4v) is 6.12. The number of alkyl halides is 3. The second kappa shape index (κ2) is 16.4. The summed E-state index contributed by atoms with van der Waals surface area (Å²) in [7, 11) is 1.96. The topological polar surface area (TPSA) is 220 Å². The van der Waals surface area contributed by atoms with Gasteiger partial charge in [0.1, 0.15) is 36.0 Å². The number of carbonyl (C=O) groups is 6. The Balaban J connectivity index is 0.000000771. The molecule has 2 atom stereocenters. The maximum absolute atomic E-state index is 13.1. The van der Waals surface area contributed by atoms with Gasteiger partial charge in [-0.1, -0.05) is 12.1 Å². The summed E-state index contributed by atoms with van der Waals surface area (Å²) in [6, 6.07) is -1.02. The molecule has 0 radical (unpaired) electrons. The third kappa shape index (κ3) is 9.54. The number of piperazine rings is 1. The van der Waals surface area contributed by atoms with Crippen LogP contribution < -0.4 is 10.6 Å². The highest BCUT2D eigenvalue weighted by molar-refractivity contribution is 8.00. The van der Waals surface area contributed by atoms with Crippen molar-refractivity contribution in [2.75, 3.05) is 57.5 Å². The minimum absolute atomic E-state index is 0.137. The smallest absolute Gasteiger partial charge is 0.477 e. The number of hydrogen-bond donors (Lipinski definition) is 4. The Morgan fingerprint density at radius 1 is 1.19 bits per heavy atom. The molecule has 17 nitrogen and oxygen atoms in total. The Morgan fingerprint density at radius 2 is 1.85 bits per heavy atom. The van der Waals surface area contributed by atoms with Crippen LogP contribution in [0.25, 0.3) is 0 Å². The lowest BCUT2D eigenvalue weighted by molar-refractivity contribution is -0.192. The second-order valence-corrected chi connectivity index (χ2v) is 11.8. The fourth-order valence-electron chi connectivity index (χ4n) is 4.14. The summed E-state index contributed by atoms with van der Waals surface area (Å²) in [4.78, 5) is 84.5. The first-order valence-electron chi connectivity index (χ1n) is 13.7. The van der Waals surface area contributed by atoms with Crippen LogP contribution in [0.15, 0.2) is 21.8 Å². The van der Waals surface area contributed by atoms with E-state index in [0.717, 1.165) is 16.2 Å². The number of fused-ring (bicyclic) bond motifs is 1. The summed E-state index contributed by atoms with van der Waals surface area (Å²) in [5.74, 6) is -5.27. The second-order valence-electron chi connectivity index (χ2n) is 9.84. The number of ether oxygens (including phenoxy) is 1. The van der Waals surface area contributed by atoms with Crippen molar-refractivity contribution in [1.29, 1.82) is 0 Å². The number of aliphatic carboxylic acids is 2. The summed E-state index contributed by atoms with van der Waals surface area (Å²) < 4.78 is 37.1. The molecule has 0 aliphatic carbocycles. The Labute approximate surface area is 272 Å². The number of thiazole rings is 1. The zero-order chi connectivity index (χ0) is 34.9. The van der Waals surface area contributed by atoms with Crippen LogP contribution in [0.1, 0.15) is 19.0 Å². The average Bonchev–Trinajstić information content (AvgIpc) is 3.48. The number of likely N-dealkylation sites (N-methyl/N-ethyl adjacent to an activating group) is 1. The number of nitrogens with zero attached hydrogens (tertiary/aromatic N) is 5. The first kappa shape index (κ1) is 37.0. The summed E-state index contributed by atoms with van der Waals surface area (Å²) in [5, 5.41) is 27.0. The Morgan fingerprint density at radius 3 is 2.43 bits per heavy atom. The van der Waals surface area contributed by atoms with Gasteiger partial charge in [0.2, 0.25) is 6.41 Å². The third-order valence-electron chi connectivity index (χ3n) is 6.51. The molecule has 1 unspecified atom stereocenters. The van der Waals surface area contributed by atoms with E-state index in [-0.39, 0.29) is 41.2 Å². The number of thioether (sulfide) groups is 1. The molecule has 0 spiro atoms. The molecule has 4 amide bonds. The van der Waals surface area contributed by atoms with Gasteiger partial charge in [0.15, 0.2) is 10.8 Å². The number of β-lactam (4-membered cyclic amide) rings is 1. The predicted octanol–water partition coefficient (Wildman–Crippen LogP) is 0.598. The van der Waals surface area contributed by atoms with Crippen LogP contribution in [0.4, 0.5) is 23.1 Å². The van der Waals surface area contributed by atoms with Crippen LogP contribution in [0, 0.1) is 0 Å². The van der Waals surface area contributed by atoms with Crippen molar-refractivity contribution in [3.05, 3.63) is 22.3 Å². The lowest BCUT2D eigenvalue weighted by atomic mass is 10.0. The number of oxime groups is 1. The van der Waals surface area contributed by atoms with Crippen LogP contribution in [0.2, 0.25) is 0 Å². The number of rotatable bonds is 11. The number of amides is 4. The molecule has 0 saturated carbocycles. The van der Waals surface area contributed by atoms with Crippen molar-refractivity contribution in [2.24, 2.45) is 5.16 Å². The number of nitrogens with one attached hydrogen (secondary N) is 2. The van der Waals surface area contributed by atoms with E-state index in [2.05, 4.69) is 25.7 Å². The van der Waals surface area contributed by atoms with Crippen LogP contribution >= 0.6 is 23.1 Å². The molecule has 0 aromatic carbocycles. The molecule has 3 aliphatic rings. The Kier molecular flexibility index (Phi) is 12.9. The van der Waals surface area contributed by atoms with E-state index in [1.54, 1.807) is 4.90 Å². The molecule has 4 N–H and O–H groups in total. The highest BCUT2D eigenvalue weighted by Gasteiger charge is 2.54. The molecule has 258 valence electrons. The quantitative estimate of drug-likeness (QED) is 0.0814. The largest absolute Gasteiger partial charge is 0.490 e. The lowest BCUT2D eigenvalue weighted by Gasteiger charge is -2.49. The standard InChI is InChI=1S/C23H29N7O8S2.C2HF3O2/c1-3-8-38-27-15(14-11-40-22(25-14)24-12-31)18(32)26-16-19(33)30-17(21(34)35)13(10-39-20(16)30)9-37-23(36)29-6-4-28(2)5-7-29;3-2(4,5)1(6)7/h11-12,16,20H,3-10H2,1-2H3,(H,26,32)(H,34,35)(H,24,25,31);(H,6,7)/b27-15+;/t16?,20-;/m1./s1. The molecule has 3 aliphatic heterocycles. The average molecular weight is 710 g/mol. The fraction of sp³-hybridized carbons (Fsp3) is 0.520. The van der Waals surface area contributed by atoms with Gasteiger partial charge in [0, 0.05) is 42.9 Å². The van der Waals surface area contributed by atoms with E-state index >= 15 is 0 Å². The third-order valence-corrected chi connectivity index (χ3v) is 8.62. The maximum atomic E-state index is 13.1. The summed E-state index contributed by atoms with van der Waals surface area (Å²) in [6.45, 7) is 4.27. The molecule has 2 saturated heterocycles. The van der Waals surface area contributed by atoms with Crippen molar-refractivity contribution in [3.63, 3.8) is 0 Å². The van der Waals surface area contributed by atoms with Crippen molar-refractivity contribution < 1.29 is 61.7 Å². The molecule has 0 bridgehead atoms. The van der Waals surface area contributed by atoms with E-state index in [4.69, 9.17) is 19.5 Å². The number of halogens is 3. The van der Waals surface area contributed by atoms with E-state index in [9.17, 15) is 42.3 Å². The van der Waals surface area contributed by atoms with Crippen molar-refractivity contribution in [1.82, 2.24) is 25.0 Å². The lowest BCUT2D eigenvalue weighted by Crippen LogP contribution is -2.71. The van der Waals surface area contributed by atoms with E-state index < -0.39 is 47.4 Å². The Bertz CT molecular complexity index is 1430. The number of carboxylic acid groups (broad SMARTS) is 2. The van der Waals surface area contributed by atoms with E-state index in [1.807, 2.05) is 14.0 Å². The molecule has 1 aromatic rings. The molecular weight excluding hydrogens is 679 g/mol. The van der Waals surface area contributed by atoms with Crippen LogP contribution in [0.5, 0.6) is 0 Å². The van der Waals surface area contributed by atoms with Gasteiger partial charge < -0.3 is 40.2 Å². The van der Waals surface area contributed by atoms with Gasteiger partial charge in [0.25, 0.3) is 11.8 Å². The number of hydrogen-bond acceptors (Lipinski definition) is 13. The van der Waals surface area contributed by atoms with E-state index in [1.165, 1.54) is 17.1 Å². The highest BCUT2D eigenvalue weighted by atomic mass is 32.2. The van der Waals surface area contributed by atoms with Gasteiger partial charge in [-0.2, -0.15) is 13.2 Å². The van der Waals surface area contributed by atoms with Gasteiger partial charge in [-0.15, -0.1) is 23.1 Å². The van der Waals surface area contributed by atoms with Crippen LogP contribution in [-0.2, 0) is 33.5 Å². The molecule has 4 heterocycles. The minimum Gasteiger partial charge on any atom is -0.477 e. The van der Waals surface area contributed by atoms with Crippen molar-refractivity contribution in [3.8, 4) is 0 Å². The Hall–Kier alpha value is -4.44. The van der Waals surface area contributed by atoms with Crippen molar-refractivity contribution in [2.45, 2.75) is 30.9 Å². The van der Waals surface area contributed by atoms with Gasteiger partial charge in [-0.25, -0.2) is 19.4 Å². The zero-order valence-electron chi connectivity index (χ0n) is 24.8. The minimum atomic E-state index is -5.08. The summed E-state index contributed by atoms with van der Waals surface area (Å²) >= 11 is 2.32. The SMILES string of the molecule is CCCO/N=C(/C(=O)NC1C(=O)N2C(C(=O)O)=C(COC(=O)N3CCN(C)CC3)CS[C@H]12)c1csc(NC=O)n1.O=C(O)C(F)(F)F. The predicted molar refractivity (Wildman–Crippen MR) is 158 cm³/mol. The molecular formula is C25H30F3N7O10S2. The summed E-state index contributed by atoms with van der Waals surface area (Å²) in [6.07, 6.45) is -4.54. The number of aromatic nitrogens is 1. The molecule has 2 fully saturated rings. The molecule has 1 aromatic heterocycles. The monoisotopic (exact) mass is 709 g/mol. The van der Waals surface area contributed by atoms with Gasteiger partial charge in [-0.3, -0.25) is 19.3 Å². The van der Waals surface area contributed by atoms with Gasteiger partial charge in [0.05, 0.1) is 0 Å². The van der Waals surface area contributed by atoms with Crippen LogP contribution in [0.3, 0.4) is 0 Å². The number of anilines is 1. The summed E-state index contributed by atoms with van der Waals surface area (Å²) in [5.41, 5.74) is -0.0170. The first-order valence-corrected chi connectivity index (χ1v) is 15.6. The van der Waals surface area contributed by atoms with Gasteiger partial charge >= 0.3 is 24.2 Å². The first-order chi connectivity index (χ1) is 22.2. The van der Waals surface area contributed by atoms with Crippen LogP contribution in [-0.4, -0.2) is 142 Å². The highest BCUT2D eigenvalue weighted by Crippen LogP contribution is 2.40. The van der Waals surface area contributed by atoms with Crippen molar-refractivity contribution >= 4 is 70.2 Å². The van der Waals surface area contributed by atoms with E-state index in [0.29, 0.717) is 44.6 Å². The van der Waals surface area contributed by atoms with Gasteiger partial charge in [-0.05, 0) is 13.5 Å². The normalized spacial score (nSPS) is 19.9. The number of carbonyl (C=O) groups excluding carboxylic acids is 4. The maximum Gasteiger partial charge on any atom is 0.490 e. The zero-order valence-corrected chi connectivity index (χ0v) is 26.4. The molecule has 47 heavy (non-hydrogen) atoms.